The van der Waals surface area contributed by atoms with Gasteiger partial charge in [0.25, 0.3) is 0 Å². The molecule has 2 aliphatic rings. The van der Waals surface area contributed by atoms with Crippen molar-refractivity contribution >= 4 is 5.69 Å². The van der Waals surface area contributed by atoms with Crippen LogP contribution in [-0.2, 0) is 27.4 Å². The van der Waals surface area contributed by atoms with Crippen LogP contribution in [-0.4, -0.2) is 65.8 Å². The summed E-state index contributed by atoms with van der Waals surface area (Å²) in [6, 6.07) is 21.5. The summed E-state index contributed by atoms with van der Waals surface area (Å²) in [4.78, 5) is 2.38. The van der Waals surface area contributed by atoms with E-state index in [1.165, 1.54) is 11.6 Å². The molecule has 7 nitrogen and oxygen atoms in total. The Morgan fingerprint density at radius 1 is 0.976 bits per heavy atom. The quantitative estimate of drug-likeness (QED) is 0.232. The van der Waals surface area contributed by atoms with Gasteiger partial charge in [-0.15, -0.1) is 0 Å². The van der Waals surface area contributed by atoms with Crippen molar-refractivity contribution in [2.24, 2.45) is 0 Å². The second kappa shape index (κ2) is 15.9. The number of ether oxygens (including phenoxy) is 5. The summed E-state index contributed by atoms with van der Waals surface area (Å²) in [5.41, 5.74) is 4.14. The smallest absolute Gasteiger partial charge is 0.142 e. The van der Waals surface area contributed by atoms with E-state index in [0.29, 0.717) is 37.9 Å². The molecule has 0 aliphatic carbocycles. The first-order valence-corrected chi connectivity index (χ1v) is 15.1. The zero-order valence-corrected chi connectivity index (χ0v) is 24.6. The zero-order chi connectivity index (χ0) is 29.0. The molecular weight excluding hydrogens is 535 g/mol. The van der Waals surface area contributed by atoms with Crippen LogP contribution in [0.4, 0.5) is 10.1 Å². The van der Waals surface area contributed by atoms with Crippen LogP contribution in [0.5, 0.6) is 11.5 Å². The molecular formula is C34H43FN2O5. The maximum atomic E-state index is 13.7. The van der Waals surface area contributed by atoms with Gasteiger partial charge in [-0.05, 0) is 60.8 Å². The molecule has 1 N–H and O–H groups in total. The summed E-state index contributed by atoms with van der Waals surface area (Å²) in [5, 5.41) is 3.50. The van der Waals surface area contributed by atoms with Crippen LogP contribution in [0.15, 0.2) is 66.7 Å². The van der Waals surface area contributed by atoms with Crippen molar-refractivity contribution in [3.8, 4) is 11.5 Å². The fourth-order valence-corrected chi connectivity index (χ4v) is 5.59. The minimum atomic E-state index is -0.232. The van der Waals surface area contributed by atoms with E-state index in [4.69, 9.17) is 23.7 Å². The van der Waals surface area contributed by atoms with Gasteiger partial charge in [0.05, 0.1) is 44.8 Å². The van der Waals surface area contributed by atoms with Gasteiger partial charge in [0.2, 0.25) is 0 Å². The molecule has 0 bridgehead atoms. The summed E-state index contributed by atoms with van der Waals surface area (Å²) in [7, 11) is 1.75. The van der Waals surface area contributed by atoms with Gasteiger partial charge in [0.1, 0.15) is 23.9 Å². The van der Waals surface area contributed by atoms with Crippen molar-refractivity contribution in [3.63, 3.8) is 0 Å². The summed E-state index contributed by atoms with van der Waals surface area (Å²) in [5.74, 6) is 1.87. The number of nitrogens with zero attached hydrogens (tertiary/aromatic N) is 1. The minimum absolute atomic E-state index is 0.0854. The van der Waals surface area contributed by atoms with Gasteiger partial charge in [-0.2, -0.15) is 0 Å². The van der Waals surface area contributed by atoms with Gasteiger partial charge in [-0.3, -0.25) is 0 Å². The highest BCUT2D eigenvalue weighted by molar-refractivity contribution is 5.61. The van der Waals surface area contributed by atoms with E-state index in [1.807, 2.05) is 18.2 Å². The van der Waals surface area contributed by atoms with Crippen LogP contribution in [0.2, 0.25) is 0 Å². The Kier molecular flexibility index (Phi) is 11.5. The highest BCUT2D eigenvalue weighted by Gasteiger charge is 2.27. The first kappa shape index (κ1) is 30.3. The molecule has 2 atom stereocenters. The van der Waals surface area contributed by atoms with Crippen molar-refractivity contribution in [3.05, 3.63) is 89.2 Å². The second-order valence-electron chi connectivity index (χ2n) is 10.8. The topological polar surface area (TPSA) is 61.4 Å². The summed E-state index contributed by atoms with van der Waals surface area (Å²) < 4.78 is 42.9. The van der Waals surface area contributed by atoms with Crippen molar-refractivity contribution in [1.29, 1.82) is 0 Å². The molecule has 2 heterocycles. The molecule has 2 unspecified atom stereocenters. The van der Waals surface area contributed by atoms with Crippen molar-refractivity contribution in [2.45, 2.75) is 44.5 Å². The predicted molar refractivity (Wildman–Crippen MR) is 162 cm³/mol. The Morgan fingerprint density at radius 2 is 1.86 bits per heavy atom. The number of fused-ring (bicyclic) bond motifs is 1. The number of nitrogens with one attached hydrogen (secondary N) is 1. The van der Waals surface area contributed by atoms with Gasteiger partial charge in [0.15, 0.2) is 0 Å². The van der Waals surface area contributed by atoms with Gasteiger partial charge in [-0.25, -0.2) is 4.39 Å². The molecule has 226 valence electrons. The molecule has 1 fully saturated rings. The molecule has 42 heavy (non-hydrogen) atoms. The molecule has 0 saturated carbocycles. The van der Waals surface area contributed by atoms with E-state index in [-0.39, 0.29) is 18.5 Å². The van der Waals surface area contributed by atoms with Gasteiger partial charge in [-0.1, -0.05) is 36.4 Å². The summed E-state index contributed by atoms with van der Waals surface area (Å²) in [6.45, 7) is 7.00. The first-order valence-electron chi connectivity index (χ1n) is 15.1. The van der Waals surface area contributed by atoms with Gasteiger partial charge >= 0.3 is 0 Å². The zero-order valence-electron chi connectivity index (χ0n) is 24.6. The largest absolute Gasteiger partial charge is 0.494 e. The monoisotopic (exact) mass is 578 g/mol. The maximum Gasteiger partial charge on any atom is 0.142 e. The molecule has 3 aromatic carbocycles. The van der Waals surface area contributed by atoms with Crippen LogP contribution in [0.1, 0.15) is 41.9 Å². The third kappa shape index (κ3) is 8.44. The van der Waals surface area contributed by atoms with Crippen molar-refractivity contribution in [2.75, 3.05) is 64.6 Å². The third-order valence-electron chi connectivity index (χ3n) is 7.88. The van der Waals surface area contributed by atoms with Crippen LogP contribution < -0.4 is 19.7 Å². The molecule has 0 aromatic heterocycles. The Morgan fingerprint density at radius 3 is 2.71 bits per heavy atom. The fourth-order valence-electron chi connectivity index (χ4n) is 5.59. The van der Waals surface area contributed by atoms with E-state index in [9.17, 15) is 4.39 Å². The highest BCUT2D eigenvalue weighted by atomic mass is 19.1. The number of piperidine rings is 1. The molecule has 0 spiro atoms. The average molecular weight is 579 g/mol. The second-order valence-corrected chi connectivity index (χ2v) is 10.8. The van der Waals surface area contributed by atoms with Crippen LogP contribution in [0.3, 0.4) is 0 Å². The molecule has 1 saturated heterocycles. The van der Waals surface area contributed by atoms with E-state index in [1.54, 1.807) is 19.2 Å². The number of hydrogen-bond acceptors (Lipinski definition) is 7. The SMILES string of the molecule is COCCCN1CCOc2ccc(COC3CNCCC3c3ccc(OCCCOCc4ccccc4F)cc3)cc21. The summed E-state index contributed by atoms with van der Waals surface area (Å²) >= 11 is 0. The Balaban J connectivity index is 1.09. The van der Waals surface area contributed by atoms with Crippen LogP contribution in [0, 0.1) is 5.82 Å². The number of anilines is 1. The van der Waals surface area contributed by atoms with E-state index in [0.717, 1.165) is 74.8 Å². The lowest BCUT2D eigenvalue weighted by atomic mass is 9.87. The Bertz CT molecular complexity index is 1240. The van der Waals surface area contributed by atoms with Crippen LogP contribution in [0.25, 0.3) is 0 Å². The molecule has 5 rings (SSSR count). The van der Waals surface area contributed by atoms with E-state index in [2.05, 4.69) is 40.5 Å². The van der Waals surface area contributed by atoms with Crippen LogP contribution >= 0.6 is 0 Å². The van der Waals surface area contributed by atoms with Gasteiger partial charge in [0, 0.05) is 44.7 Å². The van der Waals surface area contributed by atoms with E-state index < -0.39 is 0 Å². The van der Waals surface area contributed by atoms with E-state index >= 15 is 0 Å². The molecule has 8 heteroatoms. The average Bonchev–Trinajstić information content (AvgIpc) is 3.03. The standard InChI is InChI=1S/C34H43FN2O5/c1-38-18-4-16-37-17-21-41-33-13-8-26(22-32(33)37)24-42-34-23-36-15-14-30(34)27-9-11-29(12-10-27)40-20-5-19-39-25-28-6-2-3-7-31(28)35/h2-3,6-13,22,30,34,36H,4-5,14-21,23-25H2,1H3. The predicted octanol–water partition coefficient (Wildman–Crippen LogP) is 5.71. The molecule has 2 aliphatic heterocycles. The number of methoxy groups -OCH3 is 1. The first-order chi connectivity index (χ1) is 20.7. The Hall–Kier alpha value is -3.17. The summed E-state index contributed by atoms with van der Waals surface area (Å²) in [6.07, 6.45) is 2.83. The normalized spacial score (nSPS) is 18.4. The fraction of sp³-hybridized carbons (Fsp3) is 0.471. The minimum Gasteiger partial charge on any atom is -0.494 e. The molecule has 3 aromatic rings. The lowest BCUT2D eigenvalue weighted by Gasteiger charge is -2.33. The van der Waals surface area contributed by atoms with Gasteiger partial charge < -0.3 is 33.9 Å². The third-order valence-corrected chi connectivity index (χ3v) is 7.88. The number of halogens is 1. The highest BCUT2D eigenvalue weighted by Crippen LogP contribution is 2.34. The molecule has 0 amide bonds. The van der Waals surface area contributed by atoms with Crippen molar-refractivity contribution < 1.29 is 28.1 Å². The lowest BCUT2D eigenvalue weighted by molar-refractivity contribution is 0.0106. The maximum absolute atomic E-state index is 13.7. The number of benzene rings is 3. The number of rotatable bonds is 15. The Labute approximate surface area is 248 Å². The lowest BCUT2D eigenvalue weighted by Crippen LogP contribution is -2.41. The van der Waals surface area contributed by atoms with Crippen molar-refractivity contribution in [1.82, 2.24) is 5.32 Å². The molecule has 0 radical (unpaired) electrons. The number of hydrogen-bond donors (Lipinski definition) is 1.